The summed E-state index contributed by atoms with van der Waals surface area (Å²) in [6.07, 6.45) is 24.0. The SMILES string of the molecule is C=CCC/C=C(/CCCCCC1CCCCC(c2scc(C#N)c2CC)C[C@]1(F)CC)c1cc[nH]c1CCCC. The molecule has 0 radical (unpaired) electrons. The Hall–Kier alpha value is -2.12. The zero-order valence-electron chi connectivity index (χ0n) is 25.5. The maximum Gasteiger partial charge on any atom is 0.114 e. The molecular formula is C36H53FN2S. The van der Waals surface area contributed by atoms with Crippen molar-refractivity contribution in [3.05, 3.63) is 63.6 Å². The second kappa shape index (κ2) is 17.0. The number of thiophene rings is 1. The van der Waals surface area contributed by atoms with E-state index in [9.17, 15) is 5.26 Å². The van der Waals surface area contributed by atoms with Crippen molar-refractivity contribution in [2.45, 2.75) is 142 Å². The van der Waals surface area contributed by atoms with Crippen LogP contribution in [-0.4, -0.2) is 10.7 Å². The van der Waals surface area contributed by atoms with Gasteiger partial charge in [-0.1, -0.05) is 65.0 Å². The predicted molar refractivity (Wildman–Crippen MR) is 172 cm³/mol. The molecule has 0 aliphatic heterocycles. The minimum Gasteiger partial charge on any atom is -0.364 e. The first-order valence-electron chi connectivity index (χ1n) is 16.2. The molecule has 0 aromatic carbocycles. The Bertz CT molecular complexity index is 1100. The monoisotopic (exact) mass is 564 g/mol. The van der Waals surface area contributed by atoms with E-state index >= 15 is 4.39 Å². The van der Waals surface area contributed by atoms with Gasteiger partial charge < -0.3 is 4.98 Å². The number of aromatic nitrogens is 1. The molecule has 1 fully saturated rings. The van der Waals surface area contributed by atoms with E-state index in [0.29, 0.717) is 12.8 Å². The number of aromatic amines is 1. The third-order valence-electron chi connectivity index (χ3n) is 9.25. The van der Waals surface area contributed by atoms with Gasteiger partial charge in [0.25, 0.3) is 0 Å². The Kier molecular flexibility index (Phi) is 13.8. The van der Waals surface area contributed by atoms with E-state index < -0.39 is 5.67 Å². The summed E-state index contributed by atoms with van der Waals surface area (Å²) in [5, 5.41) is 11.6. The summed E-state index contributed by atoms with van der Waals surface area (Å²) >= 11 is 1.70. The number of H-pyrrole nitrogens is 1. The number of unbranched alkanes of at least 4 members (excludes halogenated alkanes) is 4. The van der Waals surface area contributed by atoms with Crippen LogP contribution >= 0.6 is 11.3 Å². The quantitative estimate of drug-likeness (QED) is 0.160. The molecule has 1 saturated carbocycles. The minimum absolute atomic E-state index is 0.147. The molecule has 1 N–H and O–H groups in total. The molecule has 2 nitrogen and oxygen atoms in total. The number of nitriles is 1. The van der Waals surface area contributed by atoms with Crippen LogP contribution in [-0.2, 0) is 12.8 Å². The first kappa shape index (κ1) is 32.4. The Balaban J connectivity index is 1.60. The van der Waals surface area contributed by atoms with Crippen LogP contribution < -0.4 is 0 Å². The lowest BCUT2D eigenvalue weighted by Gasteiger charge is -2.38. The zero-order chi connectivity index (χ0) is 28.8. The first-order valence-corrected chi connectivity index (χ1v) is 17.0. The number of hydrogen-bond acceptors (Lipinski definition) is 2. The molecule has 40 heavy (non-hydrogen) atoms. The Morgan fingerprint density at radius 2 is 2.00 bits per heavy atom. The molecule has 0 amide bonds. The van der Waals surface area contributed by atoms with Gasteiger partial charge in [-0.25, -0.2) is 4.39 Å². The summed E-state index contributed by atoms with van der Waals surface area (Å²) in [5.41, 5.74) is 5.11. The van der Waals surface area contributed by atoms with E-state index in [1.54, 1.807) is 11.3 Å². The highest BCUT2D eigenvalue weighted by molar-refractivity contribution is 7.10. The molecule has 0 spiro atoms. The van der Waals surface area contributed by atoms with Crippen LogP contribution in [0.25, 0.3) is 5.57 Å². The normalized spacial score (nSPS) is 22.0. The number of nitrogens with one attached hydrogen (secondary N) is 1. The van der Waals surface area contributed by atoms with E-state index in [1.807, 2.05) is 11.5 Å². The number of rotatable bonds is 16. The van der Waals surface area contributed by atoms with Crippen LogP contribution in [0.3, 0.4) is 0 Å². The standard InChI is InChI=1S/C36H53FN2S/c1-5-9-12-17-28(33-23-24-39-34(33)22-10-6-2)18-13-11-14-20-31-21-16-15-19-29(25-36(31,37)8-4)35-32(7-3)30(26-38)27-40-35/h5,17,23-24,27,29,31,39H,1,6-16,18-22,25H2,2-4H3/b28-17-/t29?,31?,36-/m1/s1. The lowest BCUT2D eigenvalue weighted by Crippen LogP contribution is -2.36. The summed E-state index contributed by atoms with van der Waals surface area (Å²) in [4.78, 5) is 4.78. The number of aryl methyl sites for hydroxylation is 1. The van der Waals surface area contributed by atoms with Crippen molar-refractivity contribution in [1.29, 1.82) is 5.26 Å². The van der Waals surface area contributed by atoms with Crippen LogP contribution in [0, 0.1) is 17.2 Å². The van der Waals surface area contributed by atoms with E-state index in [0.717, 1.165) is 82.6 Å². The predicted octanol–water partition coefficient (Wildman–Crippen LogP) is 11.6. The number of alkyl halides is 1. The van der Waals surface area contributed by atoms with Crippen molar-refractivity contribution in [2.75, 3.05) is 0 Å². The molecule has 3 rings (SSSR count). The van der Waals surface area contributed by atoms with Crippen LogP contribution in [0.5, 0.6) is 0 Å². The van der Waals surface area contributed by atoms with Crippen molar-refractivity contribution in [3.63, 3.8) is 0 Å². The fraction of sp³-hybridized carbons (Fsp3) is 0.639. The fourth-order valence-corrected chi connectivity index (χ4v) is 8.08. The van der Waals surface area contributed by atoms with Crippen LogP contribution in [0.15, 0.2) is 36.4 Å². The number of halogens is 1. The molecular weight excluding hydrogens is 511 g/mol. The van der Waals surface area contributed by atoms with Gasteiger partial charge in [0.2, 0.25) is 0 Å². The first-order chi connectivity index (χ1) is 19.5. The highest BCUT2D eigenvalue weighted by Gasteiger charge is 2.41. The summed E-state index contributed by atoms with van der Waals surface area (Å²) in [6.45, 7) is 10.3. The van der Waals surface area contributed by atoms with Gasteiger partial charge in [0.05, 0.1) is 5.56 Å². The molecule has 0 saturated heterocycles. The molecule has 1 aliphatic rings. The molecule has 220 valence electrons. The Labute approximate surface area is 248 Å². The van der Waals surface area contributed by atoms with Crippen LogP contribution in [0.2, 0.25) is 0 Å². The van der Waals surface area contributed by atoms with Crippen molar-refractivity contribution in [1.82, 2.24) is 4.98 Å². The van der Waals surface area contributed by atoms with Crippen molar-refractivity contribution < 1.29 is 4.39 Å². The van der Waals surface area contributed by atoms with Gasteiger partial charge in [0.1, 0.15) is 11.7 Å². The molecule has 1 aliphatic carbocycles. The van der Waals surface area contributed by atoms with Gasteiger partial charge in [0.15, 0.2) is 0 Å². The Morgan fingerprint density at radius 3 is 2.73 bits per heavy atom. The average Bonchev–Trinajstić information content (AvgIpc) is 3.60. The molecule has 0 bridgehead atoms. The second-order valence-corrected chi connectivity index (χ2v) is 12.8. The molecule has 2 aromatic heterocycles. The maximum atomic E-state index is 16.7. The zero-order valence-corrected chi connectivity index (χ0v) is 26.3. The molecule has 2 unspecified atom stereocenters. The van der Waals surface area contributed by atoms with E-state index in [4.69, 9.17) is 0 Å². The van der Waals surface area contributed by atoms with Gasteiger partial charge in [-0.2, -0.15) is 5.26 Å². The second-order valence-electron chi connectivity index (χ2n) is 11.9. The fourth-order valence-electron chi connectivity index (χ4n) is 6.85. The molecule has 3 atom stereocenters. The van der Waals surface area contributed by atoms with Gasteiger partial charge in [-0.3, -0.25) is 0 Å². The lowest BCUT2D eigenvalue weighted by molar-refractivity contribution is 0.0363. The topological polar surface area (TPSA) is 39.6 Å². The van der Waals surface area contributed by atoms with Crippen molar-refractivity contribution in [2.24, 2.45) is 5.92 Å². The molecule has 2 heterocycles. The number of nitrogens with zero attached hydrogens (tertiary/aromatic N) is 1. The third-order valence-corrected chi connectivity index (χ3v) is 10.4. The maximum absolute atomic E-state index is 16.7. The summed E-state index contributed by atoms with van der Waals surface area (Å²) in [7, 11) is 0. The van der Waals surface area contributed by atoms with E-state index in [2.05, 4.69) is 56.7 Å². The number of allylic oxidation sites excluding steroid dienone is 3. The van der Waals surface area contributed by atoms with Crippen LogP contribution in [0.1, 0.15) is 150 Å². The minimum atomic E-state index is -1.11. The summed E-state index contributed by atoms with van der Waals surface area (Å²) < 4.78 is 16.7. The smallest absolute Gasteiger partial charge is 0.114 e. The highest BCUT2D eigenvalue weighted by Crippen LogP contribution is 2.47. The van der Waals surface area contributed by atoms with Gasteiger partial charge in [-0.05, 0) is 112 Å². The van der Waals surface area contributed by atoms with Crippen molar-refractivity contribution >= 4 is 16.9 Å². The lowest BCUT2D eigenvalue weighted by atomic mass is 9.71. The van der Waals surface area contributed by atoms with Gasteiger partial charge in [0, 0.05) is 22.1 Å². The van der Waals surface area contributed by atoms with E-state index in [1.165, 1.54) is 46.5 Å². The third kappa shape index (κ3) is 8.69. The highest BCUT2D eigenvalue weighted by atomic mass is 32.1. The van der Waals surface area contributed by atoms with Gasteiger partial charge >= 0.3 is 0 Å². The molecule has 2 aromatic rings. The summed E-state index contributed by atoms with van der Waals surface area (Å²) in [5.74, 6) is 0.398. The largest absolute Gasteiger partial charge is 0.364 e. The van der Waals surface area contributed by atoms with Crippen LogP contribution in [0.4, 0.5) is 4.39 Å². The molecule has 4 heteroatoms. The Morgan fingerprint density at radius 1 is 1.18 bits per heavy atom. The average molecular weight is 565 g/mol. The summed E-state index contributed by atoms with van der Waals surface area (Å²) in [6, 6.07) is 4.62. The van der Waals surface area contributed by atoms with Crippen molar-refractivity contribution in [3.8, 4) is 6.07 Å². The number of hydrogen-bond donors (Lipinski definition) is 1. The van der Waals surface area contributed by atoms with Gasteiger partial charge in [-0.15, -0.1) is 17.9 Å². The van der Waals surface area contributed by atoms with E-state index in [-0.39, 0.29) is 11.8 Å².